The molecule has 5 heteroatoms. The maximum absolute atomic E-state index is 4.47. The van der Waals surface area contributed by atoms with Gasteiger partial charge in [0.15, 0.2) is 5.16 Å². The average molecular weight is 302 g/mol. The van der Waals surface area contributed by atoms with E-state index in [1.807, 2.05) is 0 Å². The first-order valence-electron chi connectivity index (χ1n) is 7.59. The van der Waals surface area contributed by atoms with Gasteiger partial charge in [0.25, 0.3) is 0 Å². The van der Waals surface area contributed by atoms with E-state index in [9.17, 15) is 0 Å². The molecule has 2 aromatic rings. The van der Waals surface area contributed by atoms with Crippen molar-refractivity contribution >= 4 is 17.7 Å². The van der Waals surface area contributed by atoms with E-state index in [0.29, 0.717) is 5.25 Å². The molecule has 1 fully saturated rings. The smallest absolute Gasteiger partial charge is 0.232 e. The predicted octanol–water partition coefficient (Wildman–Crippen LogP) is 3.68. The van der Waals surface area contributed by atoms with Gasteiger partial charge < -0.3 is 4.90 Å². The summed E-state index contributed by atoms with van der Waals surface area (Å²) in [6, 6.07) is 8.60. The van der Waals surface area contributed by atoms with Crippen molar-refractivity contribution < 1.29 is 0 Å². The van der Waals surface area contributed by atoms with Crippen LogP contribution in [-0.2, 0) is 0 Å². The van der Waals surface area contributed by atoms with Gasteiger partial charge in [-0.2, -0.15) is 0 Å². The highest BCUT2D eigenvalue weighted by Gasteiger charge is 2.22. The van der Waals surface area contributed by atoms with E-state index in [1.165, 1.54) is 18.4 Å². The van der Waals surface area contributed by atoms with Gasteiger partial charge in [0.2, 0.25) is 5.95 Å². The summed E-state index contributed by atoms with van der Waals surface area (Å²) in [5, 5.41) is 10.4. The number of hydrogen-bond acceptors (Lipinski definition) is 4. The summed E-state index contributed by atoms with van der Waals surface area (Å²) < 4.78 is 2.20. The van der Waals surface area contributed by atoms with Gasteiger partial charge in [-0.1, -0.05) is 43.3 Å². The third kappa shape index (κ3) is 3.07. The lowest BCUT2D eigenvalue weighted by molar-refractivity contribution is 0.838. The molecule has 1 aromatic carbocycles. The van der Waals surface area contributed by atoms with Gasteiger partial charge in [-0.25, -0.2) is 0 Å². The summed E-state index contributed by atoms with van der Waals surface area (Å²) in [6.07, 6.45) is 2.49. The van der Waals surface area contributed by atoms with Crippen LogP contribution in [0.3, 0.4) is 0 Å². The second-order valence-corrected chi connectivity index (χ2v) is 7.36. The topological polar surface area (TPSA) is 34.0 Å². The summed E-state index contributed by atoms with van der Waals surface area (Å²) >= 11 is 1.77. The lowest BCUT2D eigenvalue weighted by Crippen LogP contribution is -2.22. The van der Waals surface area contributed by atoms with Crippen LogP contribution in [-0.4, -0.2) is 33.1 Å². The molecule has 1 saturated heterocycles. The molecule has 0 unspecified atom stereocenters. The lowest BCUT2D eigenvalue weighted by Gasteiger charge is -2.18. The Morgan fingerprint density at radius 1 is 1.05 bits per heavy atom. The van der Waals surface area contributed by atoms with Crippen molar-refractivity contribution in [3.8, 4) is 5.69 Å². The Kier molecular flexibility index (Phi) is 4.19. The molecule has 0 aliphatic carbocycles. The SMILES string of the molecule is Cc1ccc(-n2c(SC(C)C)nnc2N2CCCC2)cc1. The van der Waals surface area contributed by atoms with Gasteiger partial charge in [-0.05, 0) is 31.9 Å². The second-order valence-electron chi connectivity index (χ2n) is 5.81. The molecule has 0 radical (unpaired) electrons. The van der Waals surface area contributed by atoms with Gasteiger partial charge in [0.1, 0.15) is 0 Å². The zero-order chi connectivity index (χ0) is 14.8. The molecule has 0 N–H and O–H groups in total. The molecule has 4 nitrogen and oxygen atoms in total. The number of rotatable bonds is 4. The summed E-state index contributed by atoms with van der Waals surface area (Å²) in [6.45, 7) is 8.65. The van der Waals surface area contributed by atoms with E-state index in [4.69, 9.17) is 0 Å². The van der Waals surface area contributed by atoms with E-state index in [2.05, 4.69) is 64.7 Å². The van der Waals surface area contributed by atoms with Crippen LogP contribution in [0.25, 0.3) is 5.69 Å². The second kappa shape index (κ2) is 6.10. The quantitative estimate of drug-likeness (QED) is 0.807. The Morgan fingerprint density at radius 3 is 2.33 bits per heavy atom. The molecule has 3 rings (SSSR count). The van der Waals surface area contributed by atoms with Crippen LogP contribution >= 0.6 is 11.8 Å². The fraction of sp³-hybridized carbons (Fsp3) is 0.500. The van der Waals surface area contributed by atoms with Crippen LogP contribution in [0, 0.1) is 6.92 Å². The van der Waals surface area contributed by atoms with Gasteiger partial charge in [0, 0.05) is 18.3 Å². The van der Waals surface area contributed by atoms with Crippen molar-refractivity contribution in [2.24, 2.45) is 0 Å². The molecule has 0 atom stereocenters. The molecular weight excluding hydrogens is 280 g/mol. The Balaban J connectivity index is 2.04. The van der Waals surface area contributed by atoms with Crippen LogP contribution in [0.1, 0.15) is 32.3 Å². The van der Waals surface area contributed by atoms with Crippen molar-refractivity contribution in [1.29, 1.82) is 0 Å². The average Bonchev–Trinajstić information content (AvgIpc) is 3.08. The predicted molar refractivity (Wildman–Crippen MR) is 88.5 cm³/mol. The highest BCUT2D eigenvalue weighted by molar-refractivity contribution is 7.99. The molecule has 0 amide bonds. The first kappa shape index (κ1) is 14.4. The van der Waals surface area contributed by atoms with Gasteiger partial charge in [-0.3, -0.25) is 4.57 Å². The Labute approximate surface area is 130 Å². The lowest BCUT2D eigenvalue weighted by atomic mass is 10.2. The Hall–Kier alpha value is -1.49. The van der Waals surface area contributed by atoms with Crippen LogP contribution in [0.15, 0.2) is 29.4 Å². The number of thioether (sulfide) groups is 1. The maximum atomic E-state index is 4.47. The summed E-state index contributed by atoms with van der Waals surface area (Å²) in [4.78, 5) is 2.34. The molecule has 1 aromatic heterocycles. The third-order valence-corrected chi connectivity index (χ3v) is 4.58. The van der Waals surface area contributed by atoms with Crippen LogP contribution in [0.4, 0.5) is 5.95 Å². The minimum Gasteiger partial charge on any atom is -0.341 e. The minimum atomic E-state index is 0.491. The molecule has 21 heavy (non-hydrogen) atoms. The number of hydrogen-bond donors (Lipinski definition) is 0. The highest BCUT2D eigenvalue weighted by Crippen LogP contribution is 2.30. The van der Waals surface area contributed by atoms with Crippen LogP contribution in [0.5, 0.6) is 0 Å². The molecule has 112 valence electrons. The molecule has 1 aliphatic rings. The van der Waals surface area contributed by atoms with E-state index in [0.717, 1.165) is 29.9 Å². The summed E-state index contributed by atoms with van der Waals surface area (Å²) in [5.41, 5.74) is 2.42. The normalized spacial score (nSPS) is 15.1. The van der Waals surface area contributed by atoms with Gasteiger partial charge >= 0.3 is 0 Å². The fourth-order valence-electron chi connectivity index (χ4n) is 2.59. The molecule has 1 aliphatic heterocycles. The molecule has 0 bridgehead atoms. The monoisotopic (exact) mass is 302 g/mol. The summed E-state index contributed by atoms with van der Waals surface area (Å²) in [5.74, 6) is 0.986. The standard InChI is InChI=1S/C16H22N4S/c1-12(2)21-16-18-17-15(19-10-4-5-11-19)20(16)14-8-6-13(3)7-9-14/h6-9,12H,4-5,10-11H2,1-3H3. The largest absolute Gasteiger partial charge is 0.341 e. The van der Waals surface area contributed by atoms with Crippen molar-refractivity contribution in [3.05, 3.63) is 29.8 Å². The third-order valence-electron chi connectivity index (χ3n) is 3.64. The Morgan fingerprint density at radius 2 is 1.71 bits per heavy atom. The van der Waals surface area contributed by atoms with E-state index < -0.39 is 0 Å². The van der Waals surface area contributed by atoms with Crippen molar-refractivity contribution in [1.82, 2.24) is 14.8 Å². The number of anilines is 1. The van der Waals surface area contributed by atoms with Gasteiger partial charge in [-0.15, -0.1) is 10.2 Å². The van der Waals surface area contributed by atoms with Crippen LogP contribution in [0.2, 0.25) is 0 Å². The van der Waals surface area contributed by atoms with E-state index in [-0.39, 0.29) is 0 Å². The summed E-state index contributed by atoms with van der Waals surface area (Å²) in [7, 11) is 0. The molecule has 2 heterocycles. The van der Waals surface area contributed by atoms with E-state index in [1.54, 1.807) is 11.8 Å². The van der Waals surface area contributed by atoms with Crippen molar-refractivity contribution in [2.75, 3.05) is 18.0 Å². The number of benzene rings is 1. The van der Waals surface area contributed by atoms with E-state index >= 15 is 0 Å². The van der Waals surface area contributed by atoms with Crippen molar-refractivity contribution in [3.63, 3.8) is 0 Å². The zero-order valence-corrected chi connectivity index (χ0v) is 13.7. The molecular formula is C16H22N4S. The minimum absolute atomic E-state index is 0.491. The van der Waals surface area contributed by atoms with Gasteiger partial charge in [0.05, 0.1) is 5.69 Å². The van der Waals surface area contributed by atoms with Crippen molar-refractivity contribution in [2.45, 2.75) is 44.0 Å². The molecule has 0 spiro atoms. The number of nitrogens with zero attached hydrogens (tertiary/aromatic N) is 4. The first-order chi connectivity index (χ1) is 10.1. The fourth-order valence-corrected chi connectivity index (χ4v) is 3.39. The maximum Gasteiger partial charge on any atom is 0.232 e. The highest BCUT2D eigenvalue weighted by atomic mass is 32.2. The first-order valence-corrected chi connectivity index (χ1v) is 8.47. The Bertz CT molecular complexity index is 597. The number of aromatic nitrogens is 3. The number of aryl methyl sites for hydroxylation is 1. The van der Waals surface area contributed by atoms with Crippen LogP contribution < -0.4 is 4.90 Å². The zero-order valence-electron chi connectivity index (χ0n) is 12.9. The molecule has 0 saturated carbocycles.